The number of rotatable bonds is 6. The van der Waals surface area contributed by atoms with E-state index in [-0.39, 0.29) is 0 Å². The summed E-state index contributed by atoms with van der Waals surface area (Å²) in [6, 6.07) is 3.78. The molecule has 0 aliphatic rings. The minimum Gasteiger partial charge on any atom is -0.495 e. The van der Waals surface area contributed by atoms with Crippen LogP contribution in [0.3, 0.4) is 0 Å². The van der Waals surface area contributed by atoms with Crippen molar-refractivity contribution in [2.45, 2.75) is 12.8 Å². The van der Waals surface area contributed by atoms with Crippen LogP contribution in [0.2, 0.25) is 0 Å². The molecular formula is C11H15N5O. The molecule has 2 aromatic rings. The molecule has 0 saturated carbocycles. The zero-order valence-corrected chi connectivity index (χ0v) is 9.68. The third-order valence-electron chi connectivity index (χ3n) is 2.33. The Hall–Kier alpha value is -2.11. The Morgan fingerprint density at radius 2 is 2.29 bits per heavy atom. The van der Waals surface area contributed by atoms with Gasteiger partial charge in [0.1, 0.15) is 23.7 Å². The Bertz CT molecular complexity index is 426. The van der Waals surface area contributed by atoms with Crippen molar-refractivity contribution >= 4 is 5.82 Å². The average molecular weight is 233 g/mol. The van der Waals surface area contributed by atoms with Crippen LogP contribution in [0, 0.1) is 0 Å². The number of hydrogen-bond acceptors (Lipinski definition) is 5. The molecule has 2 aromatic heterocycles. The molecule has 2 rings (SSSR count). The van der Waals surface area contributed by atoms with E-state index in [4.69, 9.17) is 4.74 Å². The van der Waals surface area contributed by atoms with Crippen LogP contribution in [0.4, 0.5) is 5.82 Å². The molecule has 2 N–H and O–H groups in total. The van der Waals surface area contributed by atoms with Crippen molar-refractivity contribution in [2.24, 2.45) is 0 Å². The minimum absolute atomic E-state index is 0.761. The van der Waals surface area contributed by atoms with Gasteiger partial charge in [0.2, 0.25) is 0 Å². The monoisotopic (exact) mass is 233 g/mol. The van der Waals surface area contributed by atoms with Crippen molar-refractivity contribution in [1.82, 2.24) is 20.2 Å². The Morgan fingerprint density at radius 1 is 1.35 bits per heavy atom. The molecule has 0 atom stereocenters. The molecule has 0 fully saturated rings. The summed E-state index contributed by atoms with van der Waals surface area (Å²) in [5.74, 6) is 2.52. The van der Waals surface area contributed by atoms with Crippen LogP contribution in [0.25, 0.3) is 0 Å². The van der Waals surface area contributed by atoms with E-state index >= 15 is 0 Å². The van der Waals surface area contributed by atoms with Crippen molar-refractivity contribution in [2.75, 3.05) is 19.0 Å². The Labute approximate surface area is 99.4 Å². The third kappa shape index (κ3) is 3.44. The molecule has 0 amide bonds. The number of nitrogens with zero attached hydrogens (tertiary/aromatic N) is 3. The summed E-state index contributed by atoms with van der Waals surface area (Å²) in [7, 11) is 1.63. The molecule has 0 unspecified atom stereocenters. The Morgan fingerprint density at radius 3 is 2.94 bits per heavy atom. The lowest BCUT2D eigenvalue weighted by molar-refractivity contribution is 0.413. The van der Waals surface area contributed by atoms with Crippen LogP contribution < -0.4 is 10.1 Å². The van der Waals surface area contributed by atoms with E-state index in [0.29, 0.717) is 0 Å². The highest BCUT2D eigenvalue weighted by molar-refractivity contribution is 5.37. The lowest BCUT2D eigenvalue weighted by Gasteiger charge is -2.05. The second-order valence-electron chi connectivity index (χ2n) is 3.55. The summed E-state index contributed by atoms with van der Waals surface area (Å²) in [6.07, 6.45) is 5.07. The van der Waals surface area contributed by atoms with E-state index < -0.39 is 0 Å². The van der Waals surface area contributed by atoms with E-state index in [0.717, 1.165) is 36.8 Å². The summed E-state index contributed by atoms with van der Waals surface area (Å²) in [5, 5.41) is 9.85. The number of aromatic amines is 1. The molecule has 17 heavy (non-hydrogen) atoms. The number of nitrogens with one attached hydrogen (secondary N) is 2. The average Bonchev–Trinajstić information content (AvgIpc) is 2.88. The normalized spacial score (nSPS) is 10.2. The lowest BCUT2D eigenvalue weighted by atomic mass is 10.3. The van der Waals surface area contributed by atoms with Crippen molar-refractivity contribution in [3.8, 4) is 5.75 Å². The zero-order chi connectivity index (χ0) is 11.9. The predicted octanol–water partition coefficient (Wildman–Crippen LogP) is 1.25. The quantitative estimate of drug-likeness (QED) is 0.734. The molecule has 90 valence electrons. The van der Waals surface area contributed by atoms with E-state index in [1.165, 1.54) is 6.33 Å². The van der Waals surface area contributed by atoms with E-state index in [1.807, 2.05) is 12.1 Å². The smallest absolute Gasteiger partial charge is 0.137 e. The van der Waals surface area contributed by atoms with Crippen molar-refractivity contribution < 1.29 is 4.74 Å². The van der Waals surface area contributed by atoms with Crippen LogP contribution in [0.15, 0.2) is 24.7 Å². The number of methoxy groups -OCH3 is 1. The third-order valence-corrected chi connectivity index (χ3v) is 2.33. The maximum absolute atomic E-state index is 5.03. The van der Waals surface area contributed by atoms with Crippen LogP contribution in [0.1, 0.15) is 12.2 Å². The molecule has 0 spiro atoms. The first-order valence-corrected chi connectivity index (χ1v) is 5.46. The summed E-state index contributed by atoms with van der Waals surface area (Å²) in [6.45, 7) is 0.847. The summed E-state index contributed by atoms with van der Waals surface area (Å²) in [5.41, 5.74) is 0. The van der Waals surface area contributed by atoms with Gasteiger partial charge in [-0.05, 0) is 18.6 Å². The van der Waals surface area contributed by atoms with Gasteiger partial charge in [0.15, 0.2) is 0 Å². The Balaban J connectivity index is 1.70. The fraction of sp³-hybridized carbons (Fsp3) is 0.364. The van der Waals surface area contributed by atoms with E-state index in [9.17, 15) is 0 Å². The van der Waals surface area contributed by atoms with Crippen molar-refractivity contribution in [3.63, 3.8) is 0 Å². The predicted molar refractivity (Wildman–Crippen MR) is 64.0 cm³/mol. The molecule has 0 aromatic carbocycles. The highest BCUT2D eigenvalue weighted by Crippen LogP contribution is 2.10. The molecule has 0 radical (unpaired) electrons. The van der Waals surface area contributed by atoms with Crippen LogP contribution in [-0.2, 0) is 6.42 Å². The van der Waals surface area contributed by atoms with Gasteiger partial charge >= 0.3 is 0 Å². The second kappa shape index (κ2) is 5.83. The van der Waals surface area contributed by atoms with Gasteiger partial charge in [-0.3, -0.25) is 5.10 Å². The molecule has 6 nitrogen and oxygen atoms in total. The number of H-pyrrole nitrogens is 1. The van der Waals surface area contributed by atoms with Crippen molar-refractivity contribution in [1.29, 1.82) is 0 Å². The molecule has 0 bridgehead atoms. The van der Waals surface area contributed by atoms with E-state index in [2.05, 4.69) is 25.5 Å². The number of pyridine rings is 1. The first kappa shape index (κ1) is 11.4. The molecule has 0 aliphatic carbocycles. The lowest BCUT2D eigenvalue weighted by Crippen LogP contribution is -2.05. The van der Waals surface area contributed by atoms with Gasteiger partial charge in [-0.2, -0.15) is 5.10 Å². The van der Waals surface area contributed by atoms with Crippen LogP contribution in [0.5, 0.6) is 5.75 Å². The zero-order valence-electron chi connectivity index (χ0n) is 9.68. The second-order valence-corrected chi connectivity index (χ2v) is 3.55. The largest absolute Gasteiger partial charge is 0.495 e. The van der Waals surface area contributed by atoms with Crippen LogP contribution in [-0.4, -0.2) is 33.8 Å². The SMILES string of the molecule is COc1ccc(NCCCc2ncn[nH]2)nc1. The molecule has 0 aliphatic heterocycles. The van der Waals surface area contributed by atoms with Gasteiger partial charge in [-0.1, -0.05) is 0 Å². The number of aromatic nitrogens is 4. The van der Waals surface area contributed by atoms with E-state index in [1.54, 1.807) is 13.3 Å². The summed E-state index contributed by atoms with van der Waals surface area (Å²) in [4.78, 5) is 8.27. The number of anilines is 1. The highest BCUT2D eigenvalue weighted by atomic mass is 16.5. The minimum atomic E-state index is 0.761. The first-order chi connectivity index (χ1) is 8.38. The topological polar surface area (TPSA) is 75.7 Å². The fourth-order valence-electron chi connectivity index (χ4n) is 1.43. The number of hydrogen-bond donors (Lipinski definition) is 2. The van der Waals surface area contributed by atoms with Gasteiger partial charge < -0.3 is 10.1 Å². The maximum Gasteiger partial charge on any atom is 0.137 e. The van der Waals surface area contributed by atoms with Crippen LogP contribution >= 0.6 is 0 Å². The maximum atomic E-state index is 5.03. The van der Waals surface area contributed by atoms with Gasteiger partial charge in [-0.15, -0.1) is 0 Å². The first-order valence-electron chi connectivity index (χ1n) is 5.46. The molecule has 6 heteroatoms. The standard InChI is InChI=1S/C11H15N5O/c1-17-9-4-5-10(13-7-9)12-6-2-3-11-14-8-15-16-11/h4-5,7-8H,2-3,6H2,1H3,(H,12,13)(H,14,15,16). The number of aryl methyl sites for hydroxylation is 1. The van der Waals surface area contributed by atoms with Gasteiger partial charge in [0, 0.05) is 13.0 Å². The molecular weight excluding hydrogens is 218 g/mol. The Kier molecular flexibility index (Phi) is 3.90. The van der Waals surface area contributed by atoms with Gasteiger partial charge in [0.05, 0.1) is 13.3 Å². The molecule has 0 saturated heterocycles. The fourth-order valence-corrected chi connectivity index (χ4v) is 1.43. The van der Waals surface area contributed by atoms with Gasteiger partial charge in [-0.25, -0.2) is 9.97 Å². The highest BCUT2D eigenvalue weighted by Gasteiger charge is 1.97. The summed E-state index contributed by atoms with van der Waals surface area (Å²) >= 11 is 0. The molecule has 2 heterocycles. The number of ether oxygens (including phenoxy) is 1. The van der Waals surface area contributed by atoms with Gasteiger partial charge in [0.25, 0.3) is 0 Å². The van der Waals surface area contributed by atoms with Crippen molar-refractivity contribution in [3.05, 3.63) is 30.5 Å². The summed E-state index contributed by atoms with van der Waals surface area (Å²) < 4.78 is 5.03.